The quantitative estimate of drug-likeness (QED) is 0.228. The molecule has 0 aromatic carbocycles. The van der Waals surface area contributed by atoms with Gasteiger partial charge in [0.25, 0.3) is 0 Å². The van der Waals surface area contributed by atoms with Crippen LogP contribution in [-0.2, 0) is 161 Å². The number of nitrogens with one attached hydrogen (secondary N) is 2. The van der Waals surface area contributed by atoms with Crippen LogP contribution in [0.3, 0.4) is 0 Å². The molecule has 0 saturated heterocycles. The summed E-state index contributed by atoms with van der Waals surface area (Å²) < 4.78 is 12.9. The van der Waals surface area contributed by atoms with Gasteiger partial charge < -0.3 is 5.73 Å². The van der Waals surface area contributed by atoms with Crippen LogP contribution < -0.4 is 16.4 Å². The molecule has 2 rings (SSSR count). The normalized spacial score (nSPS) is 11.3. The molecule has 0 atom stereocenters. The molecule has 0 saturated carbocycles. The minimum absolute atomic E-state index is 0. The third kappa shape index (κ3) is 24.5. The number of methoxy groups -OCH3 is 2. The molecule has 0 unspecified atom stereocenters. The van der Waals surface area contributed by atoms with Crippen LogP contribution in [0.15, 0.2) is 9.98 Å². The Bertz CT molecular complexity index is 684. The average molecular weight is 1820 g/mol. The van der Waals surface area contributed by atoms with Crippen LogP contribution in [-0.4, -0.2) is 61.0 Å². The van der Waals surface area contributed by atoms with Gasteiger partial charge in [0.05, 0.1) is 0 Å². The van der Waals surface area contributed by atoms with Crippen LogP contribution in [0.4, 0.5) is 0 Å². The van der Waals surface area contributed by atoms with Gasteiger partial charge in [-0.3, -0.25) is 0 Å². The van der Waals surface area contributed by atoms with E-state index in [9.17, 15) is 9.59 Å². The van der Waals surface area contributed by atoms with Gasteiger partial charge in [-0.2, -0.15) is 0 Å². The van der Waals surface area contributed by atoms with Gasteiger partial charge in [0.15, 0.2) is 0 Å². The molecule has 0 spiro atoms. The summed E-state index contributed by atoms with van der Waals surface area (Å²) in [6.45, 7) is 4.00. The van der Waals surface area contributed by atoms with E-state index in [2.05, 4.69) is 48.7 Å². The fourth-order valence-electron chi connectivity index (χ4n) is 1.07. The molecule has 0 aliphatic carbocycles. The Hall–Kier alpha value is 2.39. The maximum atomic E-state index is 10.9. The first-order valence-electron chi connectivity index (χ1n) is 7.59. The number of rotatable bonds is 2. The van der Waals surface area contributed by atoms with Gasteiger partial charge in [-0.25, -0.2) is 0 Å². The summed E-state index contributed by atoms with van der Waals surface area (Å²) in [6, 6.07) is 0. The number of hydrogen-bond donors (Lipinski definition) is 3. The number of nitrogens with zero attached hydrogens (tertiary/aromatic N) is 2. The van der Waals surface area contributed by atoms with Crippen molar-refractivity contribution >= 4 is 39.7 Å². The summed E-state index contributed by atoms with van der Waals surface area (Å²) in [5, 5.41) is 5.73. The first-order valence-corrected chi connectivity index (χ1v) is 35.5. The van der Waals surface area contributed by atoms with Crippen molar-refractivity contribution in [1.82, 2.24) is 10.6 Å². The first-order chi connectivity index (χ1) is 15.3. The molecule has 2 aliphatic heterocycles. The van der Waals surface area contributed by atoms with Gasteiger partial charge in [0, 0.05) is 0 Å². The van der Waals surface area contributed by atoms with Crippen LogP contribution in [0.1, 0.15) is 21.3 Å². The first kappa shape index (κ1) is 48.5. The monoisotopic (exact) mass is 1820 g/mol. The number of carbonyl (C=O) groups is 2. The molecule has 2 aliphatic rings. The molecule has 33 heavy (non-hydrogen) atoms. The van der Waals surface area contributed by atoms with E-state index in [4.69, 9.17) is 0 Å². The molecule has 4 N–H and O–H groups in total. The Morgan fingerprint density at radius 1 is 0.758 bits per heavy atom. The van der Waals surface area contributed by atoms with Gasteiger partial charge in [-0.15, -0.1) is 12.8 Å². The molecule has 0 amide bonds. The van der Waals surface area contributed by atoms with E-state index in [1.807, 2.05) is 13.8 Å². The van der Waals surface area contributed by atoms with Crippen molar-refractivity contribution < 1.29 is 161 Å². The summed E-state index contributed by atoms with van der Waals surface area (Å²) in [5.41, 5.74) is 4.50. The zero-order valence-corrected chi connectivity index (χ0v) is 41.0. The van der Waals surface area contributed by atoms with Crippen molar-refractivity contribution in [3.63, 3.8) is 0 Å². The molecule has 9 nitrogen and oxygen atoms in total. The van der Waals surface area contributed by atoms with Gasteiger partial charge in [0.2, 0.25) is 0 Å². The summed E-state index contributed by atoms with van der Waals surface area (Å²) >= 11 is 11.8. The number of carbonyl (C=O) groups excluding carboxylic acids is 2. The molecule has 0 fully saturated rings. The van der Waals surface area contributed by atoms with Crippen LogP contribution in [0, 0.1) is 12.8 Å². The number of hydrogen-bond acceptors (Lipinski definition) is 9. The number of amidine groups is 2. The number of esters is 2. The molecule has 0 bridgehead atoms. The Morgan fingerprint density at radius 3 is 1.09 bits per heavy atom. The maximum absolute atomic E-state index is 10.9. The van der Waals surface area contributed by atoms with Crippen molar-refractivity contribution in [2.45, 2.75) is 21.3 Å². The van der Waals surface area contributed by atoms with Crippen molar-refractivity contribution in [3.05, 3.63) is 0 Å². The molecule has 17 heteroatoms. The second-order valence-electron chi connectivity index (χ2n) is 3.42. The van der Waals surface area contributed by atoms with E-state index in [1.54, 1.807) is 64.9 Å². The number of nitrogens with two attached hydrogens (primary N) is 1. The Morgan fingerprint density at radius 2 is 0.970 bits per heavy atom. The van der Waals surface area contributed by atoms with Crippen molar-refractivity contribution in [3.8, 4) is 12.8 Å². The molecule has 0 aromatic heterocycles. The van der Waals surface area contributed by atoms with E-state index in [0.29, 0.717) is 11.7 Å². The van der Waals surface area contributed by atoms with Crippen LogP contribution in [0.2, 0.25) is 0 Å². The molecule has 0 radical (unpaired) electrons. The SMILES string of the molecule is C.C#C.CC.CN.COC(=O)C1=N[C](=[W])[C](=[W])N1.COC(=O)C1=N[C](=[W])[C](=[W])N1.[W]=[W].[W]=[W]. The van der Waals surface area contributed by atoms with Crippen LogP contribution in [0.25, 0.3) is 0 Å². The predicted molar refractivity (Wildman–Crippen MR) is 103 cm³/mol. The van der Waals surface area contributed by atoms with E-state index in [0.717, 1.165) is 16.1 Å². The van der Waals surface area contributed by atoms with E-state index < -0.39 is 11.9 Å². The summed E-state index contributed by atoms with van der Waals surface area (Å²) in [7, 11) is 4.18. The van der Waals surface area contributed by atoms with Gasteiger partial charge in [0.1, 0.15) is 0 Å². The van der Waals surface area contributed by atoms with E-state index in [1.165, 1.54) is 98.7 Å². The average Bonchev–Trinajstić information content (AvgIpc) is 3.39. The zero-order valence-electron chi connectivity index (χ0n) is 17.5. The standard InChI is InChI=1S/2C5H4N2O2.C2H6.C2H2.CH5N.CH4.8W/c2*1-9-5(8)4-6-2-3-7-4;3*1-2;;;;;;;;;/h2*6H,1H3;1-2H3;1-2H;2H2,1H3;1H4;;;;;;;;. The Labute approximate surface area is 278 Å². The molecular formula is C16H25N5O4W8. The van der Waals surface area contributed by atoms with Crippen molar-refractivity contribution in [2.24, 2.45) is 15.7 Å². The fourth-order valence-corrected chi connectivity index (χ4v) is 3.11. The van der Waals surface area contributed by atoms with E-state index >= 15 is 0 Å². The minimum atomic E-state index is -0.403. The van der Waals surface area contributed by atoms with Gasteiger partial charge in [-0.1, -0.05) is 21.3 Å². The molecule has 186 valence electrons. The van der Waals surface area contributed by atoms with Crippen molar-refractivity contribution in [1.29, 1.82) is 0 Å². The third-order valence-electron chi connectivity index (χ3n) is 2.04. The second kappa shape index (κ2) is 36.5. The number of terminal acetylenes is 1. The molecule has 2 heterocycles. The van der Waals surface area contributed by atoms with Gasteiger partial charge >= 0.3 is 236 Å². The second-order valence-corrected chi connectivity index (χ2v) is 9.13. The summed E-state index contributed by atoms with van der Waals surface area (Å²) in [5.74, 6) is -0.190. The van der Waals surface area contributed by atoms with Gasteiger partial charge in [-0.05, 0) is 7.05 Å². The van der Waals surface area contributed by atoms with Crippen molar-refractivity contribution in [2.75, 3.05) is 21.3 Å². The topological polar surface area (TPSA) is 127 Å². The molecule has 0 aromatic rings. The third-order valence-corrected chi connectivity index (χ3v) is 10.3. The fraction of sp³-hybridized carbons (Fsp3) is 0.375. The number of ether oxygens (including phenoxy) is 2. The zero-order chi connectivity index (χ0) is 26.9. The Kier molecular flexibility index (Phi) is 53.7. The Balaban J connectivity index is -0.0000000784. The van der Waals surface area contributed by atoms with Crippen LogP contribution >= 0.6 is 0 Å². The number of aliphatic imine (C=N–C) groups is 2. The summed E-state index contributed by atoms with van der Waals surface area (Å²) in [4.78, 5) is 29.8. The predicted octanol–water partition coefficient (Wildman–Crippen LogP) is -1.49. The van der Waals surface area contributed by atoms with Crippen LogP contribution in [0.5, 0.6) is 0 Å². The summed E-state index contributed by atoms with van der Waals surface area (Å²) in [6.07, 6.45) is 8.00. The van der Waals surface area contributed by atoms with E-state index in [-0.39, 0.29) is 7.43 Å². The molecular weight excluding hydrogens is 1800 g/mol.